The molecule has 0 aliphatic rings. The molecule has 0 unspecified atom stereocenters. The molecule has 0 saturated carbocycles. The van der Waals surface area contributed by atoms with Crippen LogP contribution in [0.15, 0.2) is 54.9 Å². The first-order valence-corrected chi connectivity index (χ1v) is 5.82. The highest BCUT2D eigenvalue weighted by atomic mass is 14.9. The average Bonchev–Trinajstić information content (AvgIpc) is 2.91. The molecule has 1 aromatic heterocycles. The third-order valence-corrected chi connectivity index (χ3v) is 3.20. The summed E-state index contributed by atoms with van der Waals surface area (Å²) in [5, 5.41) is 2.56. The Morgan fingerprint density at radius 3 is 2.65 bits per heavy atom. The molecule has 0 radical (unpaired) electrons. The largest absolute Gasteiger partial charge is 0.348 e. The van der Waals surface area contributed by atoms with Crippen molar-refractivity contribution in [3.63, 3.8) is 0 Å². The van der Waals surface area contributed by atoms with Crippen LogP contribution in [-0.4, -0.2) is 9.97 Å². The zero-order valence-corrected chi connectivity index (χ0v) is 9.72. The monoisotopic (exact) mass is 222 g/mol. The Balaban J connectivity index is 2.06. The fourth-order valence-electron chi connectivity index (χ4n) is 2.15. The molecule has 0 saturated heterocycles. The van der Waals surface area contributed by atoms with Crippen molar-refractivity contribution in [2.45, 2.75) is 12.8 Å². The van der Waals surface area contributed by atoms with Crippen LogP contribution < -0.4 is 0 Å². The minimum Gasteiger partial charge on any atom is -0.348 e. The molecule has 3 rings (SSSR count). The third kappa shape index (κ3) is 1.82. The Labute approximate surface area is 100 Å². The molecule has 1 heterocycles. The van der Waals surface area contributed by atoms with Gasteiger partial charge in [-0.15, -0.1) is 0 Å². The molecule has 0 bridgehead atoms. The van der Waals surface area contributed by atoms with E-state index >= 15 is 0 Å². The van der Waals surface area contributed by atoms with E-state index in [1.165, 1.54) is 16.3 Å². The fourth-order valence-corrected chi connectivity index (χ4v) is 2.15. The molecule has 2 heteroatoms. The van der Waals surface area contributed by atoms with Gasteiger partial charge in [-0.3, -0.25) is 0 Å². The molecular weight excluding hydrogens is 208 g/mol. The van der Waals surface area contributed by atoms with Gasteiger partial charge < -0.3 is 4.98 Å². The van der Waals surface area contributed by atoms with Crippen LogP contribution in [-0.2, 0) is 0 Å². The maximum absolute atomic E-state index is 4.32. The van der Waals surface area contributed by atoms with Crippen LogP contribution in [0.3, 0.4) is 0 Å². The molecule has 0 aliphatic heterocycles. The predicted octanol–water partition coefficient (Wildman–Crippen LogP) is 3.71. The van der Waals surface area contributed by atoms with E-state index in [1.54, 1.807) is 6.20 Å². The Bertz CT molecular complexity index is 626. The summed E-state index contributed by atoms with van der Waals surface area (Å²) in [4.78, 5) is 7.49. The van der Waals surface area contributed by atoms with Crippen molar-refractivity contribution in [1.29, 1.82) is 0 Å². The molecule has 0 spiro atoms. The number of H-pyrrole nitrogens is 1. The summed E-state index contributed by atoms with van der Waals surface area (Å²) in [5.74, 6) is 1.31. The second kappa shape index (κ2) is 4.06. The van der Waals surface area contributed by atoms with E-state index in [9.17, 15) is 0 Å². The topological polar surface area (TPSA) is 28.7 Å². The molecule has 2 nitrogen and oxygen atoms in total. The van der Waals surface area contributed by atoms with Gasteiger partial charge in [0.05, 0.1) is 0 Å². The summed E-state index contributed by atoms with van der Waals surface area (Å²) in [5.41, 5.74) is 1.29. The first-order valence-electron chi connectivity index (χ1n) is 5.82. The van der Waals surface area contributed by atoms with Gasteiger partial charge in [0.25, 0.3) is 0 Å². The quantitative estimate of drug-likeness (QED) is 0.703. The number of fused-ring (bicyclic) bond motifs is 1. The summed E-state index contributed by atoms with van der Waals surface area (Å²) < 4.78 is 0. The average molecular weight is 222 g/mol. The molecule has 84 valence electrons. The van der Waals surface area contributed by atoms with Gasteiger partial charge in [0.15, 0.2) is 0 Å². The van der Waals surface area contributed by atoms with Gasteiger partial charge >= 0.3 is 0 Å². The first-order chi connectivity index (χ1) is 8.34. The van der Waals surface area contributed by atoms with Crippen molar-refractivity contribution in [3.05, 3.63) is 66.2 Å². The van der Waals surface area contributed by atoms with Gasteiger partial charge in [0.1, 0.15) is 5.82 Å². The van der Waals surface area contributed by atoms with E-state index in [-0.39, 0.29) is 0 Å². The van der Waals surface area contributed by atoms with Crippen molar-refractivity contribution in [2.75, 3.05) is 0 Å². The van der Waals surface area contributed by atoms with Crippen LogP contribution >= 0.6 is 0 Å². The summed E-state index contributed by atoms with van der Waals surface area (Å²) >= 11 is 0. The molecule has 0 fully saturated rings. The number of hydrogen-bond donors (Lipinski definition) is 1. The van der Waals surface area contributed by atoms with E-state index in [0.29, 0.717) is 5.92 Å². The van der Waals surface area contributed by atoms with Gasteiger partial charge in [-0.2, -0.15) is 0 Å². The highest BCUT2D eigenvalue weighted by molar-refractivity contribution is 5.83. The molecule has 1 atom stereocenters. The Kier molecular flexibility index (Phi) is 2.41. The lowest BCUT2D eigenvalue weighted by Gasteiger charge is -2.10. The molecule has 1 N–H and O–H groups in total. The number of nitrogens with zero attached hydrogens (tertiary/aromatic N) is 1. The van der Waals surface area contributed by atoms with E-state index in [2.05, 4.69) is 59.4 Å². The lowest BCUT2D eigenvalue weighted by atomic mass is 9.97. The SMILES string of the molecule is C[C@H](c1ccc2ccccc2c1)c1ncc[nH]1. The van der Waals surface area contributed by atoms with Gasteiger partial charge in [0.2, 0.25) is 0 Å². The number of aromatic amines is 1. The zero-order chi connectivity index (χ0) is 11.7. The number of imidazole rings is 1. The van der Waals surface area contributed by atoms with E-state index < -0.39 is 0 Å². The molecular formula is C15H14N2. The van der Waals surface area contributed by atoms with Gasteiger partial charge in [-0.1, -0.05) is 49.4 Å². The lowest BCUT2D eigenvalue weighted by molar-refractivity contribution is 0.841. The lowest BCUT2D eigenvalue weighted by Crippen LogP contribution is -1.98. The van der Waals surface area contributed by atoms with Crippen LogP contribution in [0.4, 0.5) is 0 Å². The van der Waals surface area contributed by atoms with Crippen LogP contribution in [0.5, 0.6) is 0 Å². The van der Waals surface area contributed by atoms with Crippen LogP contribution in [0, 0.1) is 0 Å². The van der Waals surface area contributed by atoms with E-state index in [4.69, 9.17) is 0 Å². The smallest absolute Gasteiger partial charge is 0.113 e. The molecule has 17 heavy (non-hydrogen) atoms. The molecule has 0 aliphatic carbocycles. The van der Waals surface area contributed by atoms with E-state index in [1.807, 2.05) is 6.20 Å². The third-order valence-electron chi connectivity index (χ3n) is 3.20. The minimum absolute atomic E-state index is 0.301. The van der Waals surface area contributed by atoms with Gasteiger partial charge in [0, 0.05) is 18.3 Å². The highest BCUT2D eigenvalue weighted by Gasteiger charge is 2.10. The maximum Gasteiger partial charge on any atom is 0.113 e. The minimum atomic E-state index is 0.301. The summed E-state index contributed by atoms with van der Waals surface area (Å²) in [6, 6.07) is 15.0. The second-order valence-corrected chi connectivity index (χ2v) is 4.30. The van der Waals surface area contributed by atoms with Crippen molar-refractivity contribution in [2.24, 2.45) is 0 Å². The van der Waals surface area contributed by atoms with Crippen LogP contribution in [0.25, 0.3) is 10.8 Å². The Hall–Kier alpha value is -2.09. The Morgan fingerprint density at radius 2 is 1.88 bits per heavy atom. The molecule has 0 amide bonds. The number of benzene rings is 2. The highest BCUT2D eigenvalue weighted by Crippen LogP contribution is 2.24. The number of hydrogen-bond acceptors (Lipinski definition) is 1. The number of nitrogens with one attached hydrogen (secondary N) is 1. The molecule has 2 aromatic carbocycles. The second-order valence-electron chi connectivity index (χ2n) is 4.30. The normalized spacial score (nSPS) is 12.8. The number of rotatable bonds is 2. The van der Waals surface area contributed by atoms with Crippen LogP contribution in [0.1, 0.15) is 24.2 Å². The summed E-state index contributed by atoms with van der Waals surface area (Å²) in [6.45, 7) is 2.17. The Morgan fingerprint density at radius 1 is 1.06 bits per heavy atom. The predicted molar refractivity (Wildman–Crippen MR) is 70.1 cm³/mol. The van der Waals surface area contributed by atoms with E-state index in [0.717, 1.165) is 5.82 Å². The fraction of sp³-hybridized carbons (Fsp3) is 0.133. The first kappa shape index (κ1) is 10.1. The number of aromatic nitrogens is 2. The zero-order valence-electron chi connectivity index (χ0n) is 9.72. The maximum atomic E-state index is 4.32. The summed E-state index contributed by atoms with van der Waals surface area (Å²) in [6.07, 6.45) is 3.67. The molecule has 3 aromatic rings. The van der Waals surface area contributed by atoms with Crippen molar-refractivity contribution < 1.29 is 0 Å². The van der Waals surface area contributed by atoms with Gasteiger partial charge in [-0.05, 0) is 16.3 Å². The van der Waals surface area contributed by atoms with Crippen molar-refractivity contribution >= 4 is 10.8 Å². The standard InChI is InChI=1S/C15H14N2/c1-11(15-16-8-9-17-15)13-7-6-12-4-2-3-5-14(12)10-13/h2-11H,1H3,(H,16,17)/t11-/m1/s1. The summed E-state index contributed by atoms with van der Waals surface area (Å²) in [7, 11) is 0. The van der Waals surface area contributed by atoms with Crippen molar-refractivity contribution in [3.8, 4) is 0 Å². The van der Waals surface area contributed by atoms with Crippen molar-refractivity contribution in [1.82, 2.24) is 9.97 Å². The van der Waals surface area contributed by atoms with Crippen LogP contribution in [0.2, 0.25) is 0 Å². The van der Waals surface area contributed by atoms with Gasteiger partial charge in [-0.25, -0.2) is 4.98 Å².